The number of methoxy groups -OCH3 is 1. The number of hydrogen-bond donors (Lipinski definition) is 1. The minimum absolute atomic E-state index is 0.194. The van der Waals surface area contributed by atoms with Crippen LogP contribution in [0.2, 0.25) is 15.1 Å². The molecule has 0 bridgehead atoms. The van der Waals surface area contributed by atoms with Crippen LogP contribution in [0.15, 0.2) is 30.3 Å². The molecule has 152 valence electrons. The lowest BCUT2D eigenvalue weighted by atomic mass is 10.2. The average molecular weight is 446 g/mol. The molecular weight excluding hydrogens is 423 g/mol. The van der Waals surface area contributed by atoms with Gasteiger partial charge in [-0.3, -0.25) is 9.69 Å². The maximum atomic E-state index is 12.5. The van der Waals surface area contributed by atoms with E-state index in [9.17, 15) is 4.79 Å². The molecule has 0 saturated heterocycles. The highest BCUT2D eigenvalue weighted by atomic mass is 35.5. The highest BCUT2D eigenvalue weighted by Crippen LogP contribution is 2.32. The van der Waals surface area contributed by atoms with Crippen molar-refractivity contribution >= 4 is 46.4 Å². The number of likely N-dealkylation sites (N-methyl/N-ethyl adjacent to an activating group) is 1. The van der Waals surface area contributed by atoms with Gasteiger partial charge < -0.3 is 14.8 Å². The van der Waals surface area contributed by atoms with Gasteiger partial charge in [0.2, 0.25) is 5.91 Å². The molecule has 2 aromatic rings. The molecule has 0 radical (unpaired) electrons. The number of hydrogen-bond acceptors (Lipinski definition) is 4. The highest BCUT2D eigenvalue weighted by Gasteiger charge is 2.14. The van der Waals surface area contributed by atoms with Crippen LogP contribution >= 0.6 is 34.8 Å². The lowest BCUT2D eigenvalue weighted by Gasteiger charge is -2.21. The first-order valence-electron chi connectivity index (χ1n) is 8.84. The van der Waals surface area contributed by atoms with Crippen molar-refractivity contribution in [2.45, 2.75) is 20.4 Å². The molecule has 0 heterocycles. The minimum atomic E-state index is -0.194. The van der Waals surface area contributed by atoms with Crippen molar-refractivity contribution in [3.63, 3.8) is 0 Å². The van der Waals surface area contributed by atoms with Crippen LogP contribution in [0.25, 0.3) is 0 Å². The number of anilines is 1. The Balaban J connectivity index is 2.04. The zero-order chi connectivity index (χ0) is 20.7. The first kappa shape index (κ1) is 22.6. The van der Waals surface area contributed by atoms with Crippen molar-refractivity contribution in [1.29, 1.82) is 0 Å². The summed E-state index contributed by atoms with van der Waals surface area (Å²) in [5.41, 5.74) is 1.45. The highest BCUT2D eigenvalue weighted by molar-refractivity contribution is 6.44. The van der Waals surface area contributed by atoms with Crippen LogP contribution in [0.5, 0.6) is 11.5 Å². The summed E-state index contributed by atoms with van der Waals surface area (Å²) in [6.07, 6.45) is 0. The summed E-state index contributed by atoms with van der Waals surface area (Å²) in [6.45, 7) is 5.95. The second-order valence-corrected chi connectivity index (χ2v) is 7.24. The van der Waals surface area contributed by atoms with Crippen LogP contribution in [-0.2, 0) is 11.3 Å². The predicted molar refractivity (Wildman–Crippen MR) is 115 cm³/mol. The molecule has 2 aromatic carbocycles. The number of amides is 1. The standard InChI is InChI=1S/C20H23Cl3N2O3/c1-4-25(11-13-6-7-18(28-5-2)19(8-13)27-3)12-20(26)24-17-10-15(22)14(21)9-16(17)23/h6-10H,4-5,11-12H2,1-3H3,(H,24,26). The summed E-state index contributed by atoms with van der Waals surface area (Å²) in [5.74, 6) is 1.17. The van der Waals surface area contributed by atoms with Gasteiger partial charge in [-0.15, -0.1) is 0 Å². The van der Waals surface area contributed by atoms with Crippen molar-refractivity contribution in [2.75, 3.05) is 32.1 Å². The van der Waals surface area contributed by atoms with E-state index in [1.165, 1.54) is 12.1 Å². The van der Waals surface area contributed by atoms with E-state index in [0.717, 1.165) is 5.56 Å². The molecular formula is C20H23Cl3N2O3. The Morgan fingerprint density at radius 3 is 2.39 bits per heavy atom. The SMILES string of the molecule is CCOc1ccc(CN(CC)CC(=O)Nc2cc(Cl)c(Cl)cc2Cl)cc1OC. The van der Waals surface area contributed by atoms with Gasteiger partial charge in [0.05, 0.1) is 41.0 Å². The van der Waals surface area contributed by atoms with Crippen LogP contribution in [0.4, 0.5) is 5.69 Å². The summed E-state index contributed by atoms with van der Waals surface area (Å²) in [4.78, 5) is 14.4. The molecule has 0 aliphatic heterocycles. The molecule has 1 amide bonds. The summed E-state index contributed by atoms with van der Waals surface area (Å²) in [6, 6.07) is 8.80. The van der Waals surface area contributed by atoms with Gasteiger partial charge in [-0.1, -0.05) is 47.8 Å². The first-order valence-corrected chi connectivity index (χ1v) is 9.97. The summed E-state index contributed by atoms with van der Waals surface area (Å²) >= 11 is 18.0. The van der Waals surface area contributed by atoms with E-state index in [2.05, 4.69) is 5.32 Å². The predicted octanol–water partition coefficient (Wildman–Crippen LogP) is 5.51. The Labute approximate surface area is 180 Å². The van der Waals surface area contributed by atoms with E-state index in [1.54, 1.807) is 7.11 Å². The lowest BCUT2D eigenvalue weighted by molar-refractivity contribution is -0.117. The molecule has 1 N–H and O–H groups in total. The Morgan fingerprint density at radius 1 is 1.04 bits per heavy atom. The Hall–Kier alpha value is -1.66. The van der Waals surface area contributed by atoms with Gasteiger partial charge in [0.1, 0.15) is 0 Å². The minimum Gasteiger partial charge on any atom is -0.493 e. The molecule has 0 saturated carbocycles. The van der Waals surface area contributed by atoms with Gasteiger partial charge in [0, 0.05) is 6.54 Å². The van der Waals surface area contributed by atoms with Gasteiger partial charge in [0.25, 0.3) is 0 Å². The van der Waals surface area contributed by atoms with Crippen molar-refractivity contribution in [3.05, 3.63) is 51.0 Å². The molecule has 0 atom stereocenters. The number of halogens is 3. The largest absolute Gasteiger partial charge is 0.493 e. The number of nitrogens with zero attached hydrogens (tertiary/aromatic N) is 1. The van der Waals surface area contributed by atoms with E-state index in [1.807, 2.05) is 36.9 Å². The number of nitrogens with one attached hydrogen (secondary N) is 1. The first-order chi connectivity index (χ1) is 13.4. The third-order valence-corrected chi connectivity index (χ3v) is 5.07. The zero-order valence-corrected chi connectivity index (χ0v) is 18.3. The molecule has 28 heavy (non-hydrogen) atoms. The number of benzene rings is 2. The monoisotopic (exact) mass is 444 g/mol. The Morgan fingerprint density at radius 2 is 1.75 bits per heavy atom. The van der Waals surface area contributed by atoms with Gasteiger partial charge in [-0.25, -0.2) is 0 Å². The molecule has 5 nitrogen and oxygen atoms in total. The fourth-order valence-corrected chi connectivity index (χ4v) is 3.23. The van der Waals surface area contributed by atoms with Crippen molar-refractivity contribution in [2.24, 2.45) is 0 Å². The van der Waals surface area contributed by atoms with Crippen LogP contribution < -0.4 is 14.8 Å². The molecule has 8 heteroatoms. The van der Waals surface area contributed by atoms with E-state index >= 15 is 0 Å². The maximum absolute atomic E-state index is 12.5. The summed E-state index contributed by atoms with van der Waals surface area (Å²) < 4.78 is 10.9. The van der Waals surface area contributed by atoms with Gasteiger partial charge in [0.15, 0.2) is 11.5 Å². The summed E-state index contributed by atoms with van der Waals surface area (Å²) in [7, 11) is 1.60. The number of carbonyl (C=O) groups is 1. The van der Waals surface area contributed by atoms with Crippen LogP contribution in [0, 0.1) is 0 Å². The lowest BCUT2D eigenvalue weighted by Crippen LogP contribution is -2.32. The van der Waals surface area contributed by atoms with E-state index in [-0.39, 0.29) is 12.5 Å². The molecule has 2 rings (SSSR count). The third-order valence-electron chi connectivity index (χ3n) is 4.03. The van der Waals surface area contributed by atoms with Gasteiger partial charge in [-0.2, -0.15) is 0 Å². The average Bonchev–Trinajstić information content (AvgIpc) is 2.66. The van der Waals surface area contributed by atoms with E-state index in [0.29, 0.717) is 52.0 Å². The third kappa shape index (κ3) is 6.17. The molecule has 0 unspecified atom stereocenters. The summed E-state index contributed by atoms with van der Waals surface area (Å²) in [5, 5.41) is 3.78. The maximum Gasteiger partial charge on any atom is 0.238 e. The van der Waals surface area contributed by atoms with Gasteiger partial charge >= 0.3 is 0 Å². The second-order valence-electron chi connectivity index (χ2n) is 6.02. The van der Waals surface area contributed by atoms with Crippen LogP contribution in [-0.4, -0.2) is 37.6 Å². The topological polar surface area (TPSA) is 50.8 Å². The molecule has 0 aromatic heterocycles. The van der Waals surface area contributed by atoms with Crippen molar-refractivity contribution in [1.82, 2.24) is 4.90 Å². The fourth-order valence-electron chi connectivity index (χ4n) is 2.63. The van der Waals surface area contributed by atoms with Crippen LogP contribution in [0.1, 0.15) is 19.4 Å². The number of rotatable bonds is 9. The Bertz CT molecular complexity index is 831. The Kier molecular flexibility index (Phi) is 8.70. The normalized spacial score (nSPS) is 10.8. The quantitative estimate of drug-likeness (QED) is 0.517. The van der Waals surface area contributed by atoms with Crippen molar-refractivity contribution in [3.8, 4) is 11.5 Å². The van der Waals surface area contributed by atoms with Crippen molar-refractivity contribution < 1.29 is 14.3 Å². The molecule has 0 aliphatic carbocycles. The number of carbonyl (C=O) groups excluding carboxylic acids is 1. The molecule has 0 spiro atoms. The zero-order valence-electron chi connectivity index (χ0n) is 16.0. The van der Waals surface area contributed by atoms with E-state index < -0.39 is 0 Å². The van der Waals surface area contributed by atoms with Gasteiger partial charge in [-0.05, 0) is 43.3 Å². The van der Waals surface area contributed by atoms with E-state index in [4.69, 9.17) is 44.3 Å². The van der Waals surface area contributed by atoms with Crippen LogP contribution in [0.3, 0.4) is 0 Å². The number of ether oxygens (including phenoxy) is 2. The molecule has 0 aliphatic rings. The second kappa shape index (κ2) is 10.8. The fraction of sp³-hybridized carbons (Fsp3) is 0.350. The smallest absolute Gasteiger partial charge is 0.238 e. The molecule has 0 fully saturated rings.